The van der Waals surface area contributed by atoms with Crippen molar-refractivity contribution in [2.45, 2.75) is 33.6 Å². The maximum atomic E-state index is 11.5. The lowest BCUT2D eigenvalue weighted by Crippen LogP contribution is -2.35. The zero-order chi connectivity index (χ0) is 13.5. The molecule has 0 saturated carbocycles. The van der Waals surface area contributed by atoms with Gasteiger partial charge in [-0.05, 0) is 6.42 Å². The Hall–Kier alpha value is -1.03. The Labute approximate surface area is 108 Å². The molecule has 2 N–H and O–H groups in total. The first kappa shape index (κ1) is 16.0. The van der Waals surface area contributed by atoms with E-state index in [0.717, 1.165) is 0 Å². The maximum Gasteiger partial charge on any atom is 0.225 e. The van der Waals surface area contributed by atoms with Crippen molar-refractivity contribution in [3.05, 3.63) is 11.6 Å². The summed E-state index contributed by atoms with van der Waals surface area (Å²) in [7, 11) is 0. The van der Waals surface area contributed by atoms with Gasteiger partial charge in [0.1, 0.15) is 0 Å². The second-order valence-corrected chi connectivity index (χ2v) is 5.44. The summed E-state index contributed by atoms with van der Waals surface area (Å²) in [5.74, 6) is -0.0937. The highest BCUT2D eigenvalue weighted by molar-refractivity contribution is 6.29. The van der Waals surface area contributed by atoms with Gasteiger partial charge in [-0.25, -0.2) is 0 Å². The highest BCUT2D eigenvalue weighted by Gasteiger charge is 2.20. The van der Waals surface area contributed by atoms with Gasteiger partial charge < -0.3 is 10.6 Å². The first-order chi connectivity index (χ1) is 7.73. The van der Waals surface area contributed by atoms with Gasteiger partial charge in [0.05, 0.1) is 6.54 Å². The molecule has 0 rings (SSSR count). The predicted molar refractivity (Wildman–Crippen MR) is 69.7 cm³/mol. The van der Waals surface area contributed by atoms with E-state index in [0.29, 0.717) is 24.4 Å². The van der Waals surface area contributed by atoms with Gasteiger partial charge >= 0.3 is 0 Å². The highest BCUT2D eigenvalue weighted by Crippen LogP contribution is 2.12. The van der Waals surface area contributed by atoms with E-state index in [1.807, 2.05) is 20.8 Å². The normalized spacial score (nSPS) is 10.8. The lowest BCUT2D eigenvalue weighted by atomic mass is 9.96. The number of nitrogens with one attached hydrogen (secondary N) is 2. The van der Waals surface area contributed by atoms with Gasteiger partial charge in [0.25, 0.3) is 0 Å². The van der Waals surface area contributed by atoms with Gasteiger partial charge in [-0.1, -0.05) is 39.0 Å². The number of carbonyl (C=O) groups is 2. The number of carbonyl (C=O) groups excluding carboxylic acids is 2. The second kappa shape index (κ2) is 7.33. The number of hydrogen-bond acceptors (Lipinski definition) is 2. The van der Waals surface area contributed by atoms with Gasteiger partial charge in [-0.2, -0.15) is 0 Å². The first-order valence-electron chi connectivity index (χ1n) is 5.61. The number of amides is 2. The maximum absolute atomic E-state index is 11.5. The van der Waals surface area contributed by atoms with Gasteiger partial charge in [0, 0.05) is 23.4 Å². The van der Waals surface area contributed by atoms with E-state index in [-0.39, 0.29) is 18.4 Å². The Balaban J connectivity index is 3.62. The molecule has 0 unspecified atom stereocenters. The molecule has 4 nitrogen and oxygen atoms in total. The average Bonchev–Trinajstić information content (AvgIpc) is 2.19. The molecule has 0 atom stereocenters. The van der Waals surface area contributed by atoms with E-state index in [1.165, 1.54) is 0 Å². The zero-order valence-electron chi connectivity index (χ0n) is 10.7. The van der Waals surface area contributed by atoms with E-state index in [2.05, 4.69) is 17.2 Å². The molecule has 2 amide bonds. The summed E-state index contributed by atoms with van der Waals surface area (Å²) in [4.78, 5) is 22.7. The third-order valence-electron chi connectivity index (χ3n) is 2.02. The third-order valence-corrected chi connectivity index (χ3v) is 2.16. The van der Waals surface area contributed by atoms with Crippen molar-refractivity contribution >= 4 is 23.4 Å². The Bertz CT molecular complexity index is 295. The van der Waals surface area contributed by atoms with Crippen molar-refractivity contribution in [3.8, 4) is 0 Å². The molecule has 0 aromatic rings. The van der Waals surface area contributed by atoms with Crippen molar-refractivity contribution in [3.63, 3.8) is 0 Å². The summed E-state index contributed by atoms with van der Waals surface area (Å²) in [6, 6.07) is 0. The van der Waals surface area contributed by atoms with Crippen LogP contribution in [0.4, 0.5) is 0 Å². The van der Waals surface area contributed by atoms with E-state index in [4.69, 9.17) is 11.6 Å². The van der Waals surface area contributed by atoms with Crippen LogP contribution >= 0.6 is 11.6 Å². The van der Waals surface area contributed by atoms with Crippen LogP contribution < -0.4 is 10.6 Å². The summed E-state index contributed by atoms with van der Waals surface area (Å²) in [5.41, 5.74) is -0.390. The van der Waals surface area contributed by atoms with Crippen LogP contribution in [0.3, 0.4) is 0 Å². The standard InChI is InChI=1S/C12H21ClN2O2/c1-9(13)8-15-10(16)6-5-7-14-11(17)12(2,3)4/h1,5-8H2,2-4H3,(H,14,17)(H,15,16). The average molecular weight is 261 g/mol. The molecule has 98 valence electrons. The minimum Gasteiger partial charge on any atom is -0.356 e. The molecule has 0 aromatic heterocycles. The van der Waals surface area contributed by atoms with Gasteiger partial charge in [0.2, 0.25) is 11.8 Å². The molecule has 0 radical (unpaired) electrons. The SMILES string of the molecule is C=C(Cl)CNC(=O)CCCNC(=O)C(C)(C)C. The van der Waals surface area contributed by atoms with E-state index >= 15 is 0 Å². The molecular formula is C12H21ClN2O2. The second-order valence-electron chi connectivity index (χ2n) is 4.90. The minimum absolute atomic E-state index is 0.00737. The van der Waals surface area contributed by atoms with Crippen LogP contribution in [0.15, 0.2) is 11.6 Å². The van der Waals surface area contributed by atoms with Crippen molar-refractivity contribution in [1.82, 2.24) is 10.6 Å². The van der Waals surface area contributed by atoms with Crippen LogP contribution in [0.5, 0.6) is 0 Å². The quantitative estimate of drug-likeness (QED) is 0.716. The van der Waals surface area contributed by atoms with E-state index < -0.39 is 5.41 Å². The monoisotopic (exact) mass is 260 g/mol. The summed E-state index contributed by atoms with van der Waals surface area (Å²) < 4.78 is 0. The molecule has 0 saturated heterocycles. The van der Waals surface area contributed by atoms with Crippen LogP contribution in [0.25, 0.3) is 0 Å². The van der Waals surface area contributed by atoms with Crippen molar-refractivity contribution in [2.75, 3.05) is 13.1 Å². The third kappa shape index (κ3) is 8.74. The summed E-state index contributed by atoms with van der Waals surface area (Å²) in [5, 5.41) is 5.80. The van der Waals surface area contributed by atoms with Gasteiger partial charge in [-0.3, -0.25) is 9.59 Å². The zero-order valence-corrected chi connectivity index (χ0v) is 11.5. The largest absolute Gasteiger partial charge is 0.356 e. The minimum atomic E-state index is -0.390. The van der Waals surface area contributed by atoms with Gasteiger partial charge in [-0.15, -0.1) is 0 Å². The predicted octanol–water partition coefficient (Wildman–Crippen LogP) is 1.80. The van der Waals surface area contributed by atoms with Gasteiger partial charge in [0.15, 0.2) is 0 Å². The van der Waals surface area contributed by atoms with Crippen molar-refractivity contribution in [1.29, 1.82) is 0 Å². The lowest BCUT2D eigenvalue weighted by Gasteiger charge is -2.17. The Morgan fingerprint density at radius 1 is 1.24 bits per heavy atom. The fraction of sp³-hybridized carbons (Fsp3) is 0.667. The van der Waals surface area contributed by atoms with Crippen LogP contribution in [0.2, 0.25) is 0 Å². The van der Waals surface area contributed by atoms with E-state index in [1.54, 1.807) is 0 Å². The van der Waals surface area contributed by atoms with Crippen LogP contribution in [-0.4, -0.2) is 24.9 Å². The molecule has 0 bridgehead atoms. The topological polar surface area (TPSA) is 58.2 Å². The number of halogens is 1. The molecule has 0 fully saturated rings. The fourth-order valence-electron chi connectivity index (χ4n) is 0.999. The first-order valence-corrected chi connectivity index (χ1v) is 5.99. The smallest absolute Gasteiger partial charge is 0.225 e. The molecule has 0 spiro atoms. The number of rotatable bonds is 6. The van der Waals surface area contributed by atoms with Crippen LogP contribution in [0.1, 0.15) is 33.6 Å². The van der Waals surface area contributed by atoms with Crippen LogP contribution in [0, 0.1) is 5.41 Å². The Kier molecular flexibility index (Phi) is 6.88. The molecule has 0 heterocycles. The molecule has 5 heteroatoms. The number of hydrogen-bond donors (Lipinski definition) is 2. The van der Waals surface area contributed by atoms with E-state index in [9.17, 15) is 9.59 Å². The summed E-state index contributed by atoms with van der Waals surface area (Å²) >= 11 is 5.51. The molecular weight excluding hydrogens is 240 g/mol. The summed E-state index contributed by atoms with van der Waals surface area (Å²) in [6.45, 7) is 9.80. The fourth-order valence-corrected chi connectivity index (χ4v) is 1.07. The van der Waals surface area contributed by atoms with Crippen molar-refractivity contribution in [2.24, 2.45) is 5.41 Å². The molecule has 0 aliphatic rings. The summed E-state index contributed by atoms with van der Waals surface area (Å²) in [6.07, 6.45) is 0.983. The Morgan fingerprint density at radius 2 is 1.82 bits per heavy atom. The molecule has 0 aliphatic heterocycles. The molecule has 0 aliphatic carbocycles. The lowest BCUT2D eigenvalue weighted by molar-refractivity contribution is -0.128. The van der Waals surface area contributed by atoms with Crippen LogP contribution in [-0.2, 0) is 9.59 Å². The highest BCUT2D eigenvalue weighted by atomic mass is 35.5. The molecule has 17 heavy (non-hydrogen) atoms. The molecule has 0 aromatic carbocycles. The van der Waals surface area contributed by atoms with Crippen molar-refractivity contribution < 1.29 is 9.59 Å². The Morgan fingerprint density at radius 3 is 2.29 bits per heavy atom.